The minimum atomic E-state index is 0.0774. The number of ether oxygens (including phenoxy) is 2. The van der Waals surface area contributed by atoms with Crippen LogP contribution in [0.3, 0.4) is 0 Å². The summed E-state index contributed by atoms with van der Waals surface area (Å²) in [5, 5.41) is 3.52. The zero-order valence-electron chi connectivity index (χ0n) is 13.3. The van der Waals surface area contributed by atoms with Crippen LogP contribution in [0.5, 0.6) is 11.5 Å². The highest BCUT2D eigenvalue weighted by atomic mass is 16.5. The van der Waals surface area contributed by atoms with Crippen molar-refractivity contribution < 1.29 is 13.9 Å². The van der Waals surface area contributed by atoms with E-state index in [1.807, 2.05) is 25.1 Å². The van der Waals surface area contributed by atoms with E-state index in [1.165, 1.54) is 5.56 Å². The quantitative estimate of drug-likeness (QED) is 0.882. The van der Waals surface area contributed by atoms with Gasteiger partial charge in [0, 0.05) is 5.56 Å². The van der Waals surface area contributed by atoms with E-state index in [4.69, 9.17) is 13.9 Å². The zero-order valence-corrected chi connectivity index (χ0v) is 13.3. The van der Waals surface area contributed by atoms with Gasteiger partial charge in [-0.25, -0.2) is 0 Å². The smallest absolute Gasteiger partial charge is 0.161 e. The SMILES string of the molecule is CCNC(c1cc(OC)c(OC)cc1C)c1ccoc1C. The Hall–Kier alpha value is -1.94. The van der Waals surface area contributed by atoms with E-state index in [0.717, 1.165) is 34.9 Å². The lowest BCUT2D eigenvalue weighted by molar-refractivity contribution is 0.353. The van der Waals surface area contributed by atoms with Gasteiger partial charge in [0.1, 0.15) is 5.76 Å². The van der Waals surface area contributed by atoms with Gasteiger partial charge in [-0.15, -0.1) is 0 Å². The minimum Gasteiger partial charge on any atom is -0.493 e. The number of methoxy groups -OCH3 is 2. The fourth-order valence-electron chi connectivity index (χ4n) is 2.59. The molecule has 0 spiro atoms. The van der Waals surface area contributed by atoms with Crippen molar-refractivity contribution in [2.24, 2.45) is 0 Å². The van der Waals surface area contributed by atoms with Crippen molar-refractivity contribution in [2.75, 3.05) is 20.8 Å². The van der Waals surface area contributed by atoms with Crippen LogP contribution in [0.15, 0.2) is 28.9 Å². The summed E-state index contributed by atoms with van der Waals surface area (Å²) in [6, 6.07) is 6.13. The third-order valence-electron chi connectivity index (χ3n) is 3.70. The highest BCUT2D eigenvalue weighted by Crippen LogP contribution is 2.36. The van der Waals surface area contributed by atoms with Crippen LogP contribution in [0.4, 0.5) is 0 Å². The normalized spacial score (nSPS) is 12.2. The summed E-state index contributed by atoms with van der Waals surface area (Å²) in [7, 11) is 3.31. The molecular formula is C17H23NO3. The first-order valence-electron chi connectivity index (χ1n) is 7.12. The van der Waals surface area contributed by atoms with Crippen LogP contribution < -0.4 is 14.8 Å². The zero-order chi connectivity index (χ0) is 15.4. The predicted octanol–water partition coefficient (Wildman–Crippen LogP) is 3.61. The predicted molar refractivity (Wildman–Crippen MR) is 83.2 cm³/mol. The fraction of sp³-hybridized carbons (Fsp3) is 0.412. The van der Waals surface area contributed by atoms with Crippen LogP contribution in [0.1, 0.15) is 35.4 Å². The Labute approximate surface area is 126 Å². The van der Waals surface area contributed by atoms with Crippen molar-refractivity contribution in [1.29, 1.82) is 0 Å². The van der Waals surface area contributed by atoms with Crippen molar-refractivity contribution in [3.8, 4) is 11.5 Å². The summed E-state index contributed by atoms with van der Waals surface area (Å²) in [6.45, 7) is 7.02. The molecule has 0 bridgehead atoms. The van der Waals surface area contributed by atoms with Crippen LogP contribution in [-0.4, -0.2) is 20.8 Å². The van der Waals surface area contributed by atoms with Crippen molar-refractivity contribution in [3.63, 3.8) is 0 Å². The van der Waals surface area contributed by atoms with Gasteiger partial charge in [0.25, 0.3) is 0 Å². The molecule has 1 atom stereocenters. The molecule has 0 amide bonds. The van der Waals surface area contributed by atoms with E-state index in [1.54, 1.807) is 20.5 Å². The first-order valence-corrected chi connectivity index (χ1v) is 7.12. The molecular weight excluding hydrogens is 266 g/mol. The van der Waals surface area contributed by atoms with Gasteiger partial charge in [-0.3, -0.25) is 0 Å². The molecule has 1 aromatic carbocycles. The maximum absolute atomic E-state index is 5.46. The average molecular weight is 289 g/mol. The molecule has 1 aromatic heterocycles. The summed E-state index contributed by atoms with van der Waals surface area (Å²) in [4.78, 5) is 0. The highest BCUT2D eigenvalue weighted by Gasteiger charge is 2.21. The van der Waals surface area contributed by atoms with Crippen molar-refractivity contribution in [3.05, 3.63) is 46.9 Å². The van der Waals surface area contributed by atoms with Gasteiger partial charge in [0.2, 0.25) is 0 Å². The first kappa shape index (κ1) is 15.4. The van der Waals surface area contributed by atoms with Crippen molar-refractivity contribution >= 4 is 0 Å². The van der Waals surface area contributed by atoms with Gasteiger partial charge in [0.15, 0.2) is 11.5 Å². The molecule has 0 radical (unpaired) electrons. The molecule has 1 unspecified atom stereocenters. The lowest BCUT2D eigenvalue weighted by atomic mass is 9.94. The van der Waals surface area contributed by atoms with Crippen LogP contribution >= 0.6 is 0 Å². The van der Waals surface area contributed by atoms with Crippen LogP contribution in [0, 0.1) is 13.8 Å². The number of hydrogen-bond acceptors (Lipinski definition) is 4. The van der Waals surface area contributed by atoms with Crippen LogP contribution in [0.2, 0.25) is 0 Å². The molecule has 0 aliphatic rings. The number of hydrogen-bond donors (Lipinski definition) is 1. The second-order valence-corrected chi connectivity index (χ2v) is 4.99. The molecule has 0 aliphatic carbocycles. The molecule has 0 fully saturated rings. The Kier molecular flexibility index (Phi) is 4.91. The molecule has 1 heterocycles. The first-order chi connectivity index (χ1) is 10.1. The summed E-state index contributed by atoms with van der Waals surface area (Å²) < 4.78 is 16.3. The molecule has 2 rings (SSSR count). The monoisotopic (exact) mass is 289 g/mol. The van der Waals surface area contributed by atoms with E-state index in [2.05, 4.69) is 19.2 Å². The molecule has 21 heavy (non-hydrogen) atoms. The Morgan fingerprint density at radius 1 is 1.10 bits per heavy atom. The van der Waals surface area contributed by atoms with E-state index >= 15 is 0 Å². The Bertz CT molecular complexity index is 604. The van der Waals surface area contributed by atoms with E-state index < -0.39 is 0 Å². The van der Waals surface area contributed by atoms with Crippen molar-refractivity contribution in [1.82, 2.24) is 5.32 Å². The Morgan fingerprint density at radius 2 is 1.76 bits per heavy atom. The van der Waals surface area contributed by atoms with Gasteiger partial charge in [-0.05, 0) is 49.7 Å². The van der Waals surface area contributed by atoms with Gasteiger partial charge < -0.3 is 19.2 Å². The number of nitrogens with one attached hydrogen (secondary N) is 1. The third kappa shape index (κ3) is 3.05. The topological polar surface area (TPSA) is 43.6 Å². The standard InChI is InChI=1S/C17H23NO3/c1-6-18-17(13-7-8-21-12(13)3)14-10-16(20-5)15(19-4)9-11(14)2/h7-10,17-18H,6H2,1-5H3. The summed E-state index contributed by atoms with van der Waals surface area (Å²) >= 11 is 0. The number of rotatable bonds is 6. The van der Waals surface area contributed by atoms with Crippen LogP contribution in [0.25, 0.3) is 0 Å². The number of furan rings is 1. The maximum Gasteiger partial charge on any atom is 0.161 e. The van der Waals surface area contributed by atoms with E-state index in [9.17, 15) is 0 Å². The summed E-state index contributed by atoms with van der Waals surface area (Å²) in [5.74, 6) is 2.41. The molecule has 2 aromatic rings. The van der Waals surface area contributed by atoms with Gasteiger partial charge in [0.05, 0.1) is 26.5 Å². The van der Waals surface area contributed by atoms with Gasteiger partial charge in [-0.1, -0.05) is 6.92 Å². The molecule has 0 aliphatic heterocycles. The molecule has 4 nitrogen and oxygen atoms in total. The molecule has 0 saturated carbocycles. The second-order valence-electron chi connectivity index (χ2n) is 4.99. The van der Waals surface area contributed by atoms with Gasteiger partial charge in [-0.2, -0.15) is 0 Å². The Morgan fingerprint density at radius 3 is 2.29 bits per heavy atom. The lowest BCUT2D eigenvalue weighted by Crippen LogP contribution is -2.23. The molecule has 0 saturated heterocycles. The van der Waals surface area contributed by atoms with Crippen molar-refractivity contribution in [2.45, 2.75) is 26.8 Å². The third-order valence-corrected chi connectivity index (χ3v) is 3.70. The van der Waals surface area contributed by atoms with E-state index in [0.29, 0.717) is 0 Å². The summed E-state index contributed by atoms with van der Waals surface area (Å²) in [5.41, 5.74) is 3.46. The number of aryl methyl sites for hydroxylation is 2. The second kappa shape index (κ2) is 6.68. The minimum absolute atomic E-state index is 0.0774. The fourth-order valence-corrected chi connectivity index (χ4v) is 2.59. The Balaban J connectivity index is 2.53. The van der Waals surface area contributed by atoms with Crippen LogP contribution in [-0.2, 0) is 0 Å². The molecule has 114 valence electrons. The lowest BCUT2D eigenvalue weighted by Gasteiger charge is -2.22. The average Bonchev–Trinajstić information content (AvgIpc) is 2.90. The number of benzene rings is 1. The van der Waals surface area contributed by atoms with Gasteiger partial charge >= 0.3 is 0 Å². The summed E-state index contributed by atoms with van der Waals surface area (Å²) in [6.07, 6.45) is 1.73. The van der Waals surface area contributed by atoms with E-state index in [-0.39, 0.29) is 6.04 Å². The maximum atomic E-state index is 5.46. The largest absolute Gasteiger partial charge is 0.493 e. The molecule has 1 N–H and O–H groups in total. The molecule has 4 heteroatoms. The highest BCUT2D eigenvalue weighted by molar-refractivity contribution is 5.50.